The van der Waals surface area contributed by atoms with Gasteiger partial charge in [0.15, 0.2) is 5.96 Å². The van der Waals surface area contributed by atoms with Gasteiger partial charge in [-0.25, -0.2) is 15.0 Å². The summed E-state index contributed by atoms with van der Waals surface area (Å²) in [4.78, 5) is 21.8. The number of pyridine rings is 1. The van der Waals surface area contributed by atoms with Crippen molar-refractivity contribution in [3.8, 4) is 0 Å². The minimum Gasteiger partial charge on any atom is -0.370 e. The molecule has 2 aromatic rings. The summed E-state index contributed by atoms with van der Waals surface area (Å²) >= 11 is 0. The molecule has 1 aliphatic rings. The van der Waals surface area contributed by atoms with Crippen LogP contribution >= 0.6 is 0 Å². The third kappa shape index (κ3) is 3.98. The summed E-state index contributed by atoms with van der Waals surface area (Å²) in [6.07, 6.45) is 3.53. The molecule has 0 aromatic carbocycles. The Balaban J connectivity index is 1.57. The van der Waals surface area contributed by atoms with E-state index in [9.17, 15) is 0 Å². The molecule has 0 bridgehead atoms. The van der Waals surface area contributed by atoms with Crippen molar-refractivity contribution in [2.24, 2.45) is 10.7 Å². The van der Waals surface area contributed by atoms with Crippen LogP contribution in [0, 0.1) is 13.8 Å². The molecule has 0 saturated carbocycles. The molecular formula is C17H23N7. The predicted molar refractivity (Wildman–Crippen MR) is 94.9 cm³/mol. The first kappa shape index (κ1) is 16.2. The number of nitrogens with two attached hydrogens (primary N) is 1. The highest BCUT2D eigenvalue weighted by molar-refractivity contribution is 5.78. The molecule has 2 aromatic heterocycles. The first-order chi connectivity index (χ1) is 11.6. The Hall–Kier alpha value is -2.70. The van der Waals surface area contributed by atoms with Gasteiger partial charge in [-0.1, -0.05) is 0 Å². The lowest BCUT2D eigenvalue weighted by atomic mass is 10.2. The van der Waals surface area contributed by atoms with Crippen molar-refractivity contribution in [3.63, 3.8) is 0 Å². The number of hydrogen-bond acceptors (Lipinski definition) is 5. The summed E-state index contributed by atoms with van der Waals surface area (Å²) < 4.78 is 0. The van der Waals surface area contributed by atoms with Crippen LogP contribution in [0.4, 0.5) is 5.95 Å². The molecule has 24 heavy (non-hydrogen) atoms. The summed E-state index contributed by atoms with van der Waals surface area (Å²) in [6, 6.07) is 5.93. The summed E-state index contributed by atoms with van der Waals surface area (Å²) in [5.74, 6) is 1.37. The van der Waals surface area contributed by atoms with Gasteiger partial charge in [0.05, 0.1) is 6.54 Å². The van der Waals surface area contributed by atoms with Gasteiger partial charge in [-0.3, -0.25) is 4.98 Å². The quantitative estimate of drug-likeness (QED) is 0.673. The molecule has 0 amide bonds. The average Bonchev–Trinajstić information content (AvgIpc) is 2.60. The van der Waals surface area contributed by atoms with Crippen molar-refractivity contribution in [1.29, 1.82) is 0 Å². The van der Waals surface area contributed by atoms with Gasteiger partial charge in [0.2, 0.25) is 5.95 Å². The van der Waals surface area contributed by atoms with Crippen molar-refractivity contribution in [1.82, 2.24) is 19.9 Å². The lowest BCUT2D eigenvalue weighted by Gasteiger charge is -2.35. The molecule has 1 aliphatic heterocycles. The van der Waals surface area contributed by atoms with Crippen LogP contribution in [0.5, 0.6) is 0 Å². The van der Waals surface area contributed by atoms with E-state index in [0.29, 0.717) is 12.5 Å². The zero-order chi connectivity index (χ0) is 16.9. The average molecular weight is 325 g/mol. The van der Waals surface area contributed by atoms with Crippen LogP contribution < -0.4 is 10.6 Å². The fourth-order valence-electron chi connectivity index (χ4n) is 2.87. The van der Waals surface area contributed by atoms with E-state index in [0.717, 1.165) is 49.1 Å². The highest BCUT2D eigenvalue weighted by Gasteiger charge is 2.19. The van der Waals surface area contributed by atoms with Gasteiger partial charge in [-0.15, -0.1) is 0 Å². The number of aryl methyl sites for hydroxylation is 2. The maximum atomic E-state index is 6.17. The molecule has 1 saturated heterocycles. The van der Waals surface area contributed by atoms with E-state index in [4.69, 9.17) is 5.73 Å². The Bertz CT molecular complexity index is 686. The van der Waals surface area contributed by atoms with E-state index in [1.807, 2.05) is 19.9 Å². The summed E-state index contributed by atoms with van der Waals surface area (Å²) in [7, 11) is 0. The number of rotatable bonds is 3. The van der Waals surface area contributed by atoms with Crippen molar-refractivity contribution >= 4 is 11.9 Å². The molecule has 0 atom stereocenters. The number of piperazine rings is 1. The normalized spacial score (nSPS) is 15.7. The first-order valence-corrected chi connectivity index (χ1v) is 8.13. The van der Waals surface area contributed by atoms with E-state index < -0.39 is 0 Å². The minimum absolute atomic E-state index is 0.581. The number of hydrogen-bond donors (Lipinski definition) is 1. The largest absolute Gasteiger partial charge is 0.370 e. The van der Waals surface area contributed by atoms with Crippen LogP contribution in [0.1, 0.15) is 17.0 Å². The SMILES string of the molecule is Cc1cc(CN=C(N)N2CCN(c3ncccn3)CC2)cc(C)n1. The highest BCUT2D eigenvalue weighted by Crippen LogP contribution is 2.10. The Labute approximate surface area is 142 Å². The van der Waals surface area contributed by atoms with Crippen LogP contribution in [0.3, 0.4) is 0 Å². The van der Waals surface area contributed by atoms with Gasteiger partial charge in [-0.2, -0.15) is 0 Å². The molecule has 7 heteroatoms. The highest BCUT2D eigenvalue weighted by atomic mass is 15.3. The van der Waals surface area contributed by atoms with Crippen LogP contribution in [0.2, 0.25) is 0 Å². The molecule has 0 spiro atoms. The summed E-state index contributed by atoms with van der Waals surface area (Å²) in [5.41, 5.74) is 9.32. The van der Waals surface area contributed by atoms with E-state index in [2.05, 4.69) is 41.9 Å². The lowest BCUT2D eigenvalue weighted by molar-refractivity contribution is 0.378. The number of aromatic nitrogens is 3. The first-order valence-electron chi connectivity index (χ1n) is 8.13. The Morgan fingerprint density at radius 1 is 1.08 bits per heavy atom. The number of nitrogens with zero attached hydrogens (tertiary/aromatic N) is 6. The Kier molecular flexibility index (Phi) is 4.88. The van der Waals surface area contributed by atoms with Gasteiger partial charge in [0, 0.05) is 50.0 Å². The van der Waals surface area contributed by atoms with Crippen LogP contribution in [0.25, 0.3) is 0 Å². The van der Waals surface area contributed by atoms with Gasteiger partial charge in [-0.05, 0) is 37.6 Å². The lowest BCUT2D eigenvalue weighted by Crippen LogP contribution is -2.51. The predicted octanol–water partition coefficient (Wildman–Crippen LogP) is 1.13. The van der Waals surface area contributed by atoms with Crippen molar-refractivity contribution < 1.29 is 0 Å². The maximum absolute atomic E-state index is 6.17. The molecule has 1 fully saturated rings. The molecule has 0 unspecified atom stereocenters. The maximum Gasteiger partial charge on any atom is 0.225 e. The summed E-state index contributed by atoms with van der Waals surface area (Å²) in [6.45, 7) is 7.90. The molecule has 0 aliphatic carbocycles. The minimum atomic E-state index is 0.581. The van der Waals surface area contributed by atoms with E-state index in [1.165, 1.54) is 0 Å². The number of anilines is 1. The molecule has 2 N–H and O–H groups in total. The fraction of sp³-hybridized carbons (Fsp3) is 0.412. The van der Waals surface area contributed by atoms with Crippen LogP contribution in [-0.2, 0) is 6.54 Å². The van der Waals surface area contributed by atoms with Crippen molar-refractivity contribution in [2.75, 3.05) is 31.1 Å². The topological polar surface area (TPSA) is 83.5 Å². The molecule has 0 radical (unpaired) electrons. The zero-order valence-electron chi connectivity index (χ0n) is 14.2. The van der Waals surface area contributed by atoms with E-state index in [-0.39, 0.29) is 0 Å². The second-order valence-electron chi connectivity index (χ2n) is 5.96. The van der Waals surface area contributed by atoms with Crippen LogP contribution in [0.15, 0.2) is 35.6 Å². The Morgan fingerprint density at radius 3 is 2.33 bits per heavy atom. The number of aliphatic imine (C=N–C) groups is 1. The van der Waals surface area contributed by atoms with Gasteiger partial charge < -0.3 is 15.5 Å². The van der Waals surface area contributed by atoms with Gasteiger partial charge >= 0.3 is 0 Å². The molecular weight excluding hydrogens is 302 g/mol. The van der Waals surface area contributed by atoms with E-state index in [1.54, 1.807) is 12.4 Å². The van der Waals surface area contributed by atoms with E-state index >= 15 is 0 Å². The van der Waals surface area contributed by atoms with Gasteiger partial charge in [0.25, 0.3) is 0 Å². The molecule has 3 heterocycles. The monoisotopic (exact) mass is 325 g/mol. The standard InChI is InChI=1S/C17H23N7/c1-13-10-15(11-14(2)22-13)12-21-16(18)23-6-8-24(9-7-23)17-19-4-3-5-20-17/h3-5,10-11H,6-9,12H2,1-2H3,(H2,18,21). The second-order valence-corrected chi connectivity index (χ2v) is 5.96. The number of guanidine groups is 1. The molecule has 3 rings (SSSR count). The molecule has 126 valence electrons. The zero-order valence-corrected chi connectivity index (χ0v) is 14.2. The van der Waals surface area contributed by atoms with Crippen LogP contribution in [-0.4, -0.2) is 52.0 Å². The van der Waals surface area contributed by atoms with Gasteiger partial charge in [0.1, 0.15) is 0 Å². The van der Waals surface area contributed by atoms with Crippen molar-refractivity contribution in [3.05, 3.63) is 47.5 Å². The molecule has 7 nitrogen and oxygen atoms in total. The third-order valence-corrected chi connectivity index (χ3v) is 4.00. The smallest absolute Gasteiger partial charge is 0.225 e. The summed E-state index contributed by atoms with van der Waals surface area (Å²) in [5, 5.41) is 0. The Morgan fingerprint density at radius 2 is 1.71 bits per heavy atom. The third-order valence-electron chi connectivity index (χ3n) is 4.00. The fourth-order valence-corrected chi connectivity index (χ4v) is 2.87. The van der Waals surface area contributed by atoms with Crippen molar-refractivity contribution in [2.45, 2.75) is 20.4 Å². The second kappa shape index (κ2) is 7.25.